The van der Waals surface area contributed by atoms with Gasteiger partial charge in [-0.15, -0.1) is 0 Å². The van der Waals surface area contributed by atoms with Crippen molar-refractivity contribution in [2.45, 2.75) is 64.6 Å². The summed E-state index contributed by atoms with van der Waals surface area (Å²) in [6, 6.07) is 9.09. The number of likely N-dealkylation sites (tertiary alicyclic amines) is 1. The first-order valence-electron chi connectivity index (χ1n) is 9.19. The Kier molecular flexibility index (Phi) is 7.00. The molecule has 1 heterocycles. The molecule has 2 unspecified atom stereocenters. The van der Waals surface area contributed by atoms with Gasteiger partial charge in [0.2, 0.25) is 11.8 Å². The van der Waals surface area contributed by atoms with Crippen LogP contribution in [0.3, 0.4) is 0 Å². The summed E-state index contributed by atoms with van der Waals surface area (Å²) in [6.45, 7) is 6.23. The normalized spacial score (nSPS) is 19.7. The number of nitrogens with zero attached hydrogens (tertiary/aromatic N) is 1. The molecule has 0 aromatic heterocycles. The molecule has 1 aromatic carbocycles. The lowest BCUT2D eigenvalue weighted by atomic mass is 9.99. The van der Waals surface area contributed by atoms with Crippen molar-refractivity contribution in [2.24, 2.45) is 5.92 Å². The molecule has 2 N–H and O–H groups in total. The molecule has 0 bridgehead atoms. The fraction of sp³-hybridized carbons (Fsp3) is 0.600. The van der Waals surface area contributed by atoms with Crippen LogP contribution < -0.4 is 5.32 Å². The number of rotatable bonds is 7. The second-order valence-corrected chi connectivity index (χ2v) is 7.37. The van der Waals surface area contributed by atoms with Gasteiger partial charge in [0, 0.05) is 19.5 Å². The average molecular weight is 346 g/mol. The topological polar surface area (TPSA) is 69.6 Å². The number of aliphatic hydroxyl groups excluding tert-OH is 1. The van der Waals surface area contributed by atoms with Gasteiger partial charge in [0.1, 0.15) is 6.04 Å². The van der Waals surface area contributed by atoms with Gasteiger partial charge in [0.25, 0.3) is 0 Å². The molecule has 1 fully saturated rings. The third-order valence-corrected chi connectivity index (χ3v) is 4.72. The summed E-state index contributed by atoms with van der Waals surface area (Å²) >= 11 is 0. The molecule has 2 rings (SSSR count). The molecule has 0 radical (unpaired) electrons. The Labute approximate surface area is 150 Å². The maximum absolute atomic E-state index is 13.0. The van der Waals surface area contributed by atoms with Crippen molar-refractivity contribution < 1.29 is 14.7 Å². The van der Waals surface area contributed by atoms with Gasteiger partial charge in [-0.05, 0) is 37.2 Å². The van der Waals surface area contributed by atoms with Crippen LogP contribution >= 0.6 is 0 Å². The highest BCUT2D eigenvalue weighted by atomic mass is 16.3. The first kappa shape index (κ1) is 19.4. The van der Waals surface area contributed by atoms with Crippen molar-refractivity contribution in [3.05, 3.63) is 35.9 Å². The first-order chi connectivity index (χ1) is 11.9. The number of hydrogen-bond acceptors (Lipinski definition) is 3. The van der Waals surface area contributed by atoms with Gasteiger partial charge in [-0.3, -0.25) is 9.59 Å². The molecule has 0 aliphatic carbocycles. The van der Waals surface area contributed by atoms with E-state index in [0.717, 1.165) is 18.4 Å². The summed E-state index contributed by atoms with van der Waals surface area (Å²) in [5.74, 6) is 0.113. The summed E-state index contributed by atoms with van der Waals surface area (Å²) < 4.78 is 0. The SMILES string of the molecule is CC(=O)N[C@@H](CC(C)C)C(=O)N1CCCC1CC(O)c1ccccc1. The molecule has 2 amide bonds. The Hall–Kier alpha value is -1.88. The van der Waals surface area contributed by atoms with Crippen LogP contribution in [0.2, 0.25) is 0 Å². The van der Waals surface area contributed by atoms with Gasteiger partial charge in [-0.25, -0.2) is 0 Å². The van der Waals surface area contributed by atoms with E-state index in [1.165, 1.54) is 6.92 Å². The summed E-state index contributed by atoms with van der Waals surface area (Å²) in [5, 5.41) is 13.3. The maximum Gasteiger partial charge on any atom is 0.245 e. The number of carbonyl (C=O) groups excluding carboxylic acids is 2. The van der Waals surface area contributed by atoms with E-state index in [9.17, 15) is 14.7 Å². The third-order valence-electron chi connectivity index (χ3n) is 4.72. The quantitative estimate of drug-likeness (QED) is 0.797. The molecule has 0 spiro atoms. The highest BCUT2D eigenvalue weighted by Gasteiger charge is 2.34. The molecular weight excluding hydrogens is 316 g/mol. The van der Waals surface area contributed by atoms with Crippen LogP contribution in [0.4, 0.5) is 0 Å². The van der Waals surface area contributed by atoms with Crippen LogP contribution in [0.25, 0.3) is 0 Å². The van der Waals surface area contributed by atoms with Crippen LogP contribution in [0, 0.1) is 5.92 Å². The van der Waals surface area contributed by atoms with E-state index in [0.29, 0.717) is 25.3 Å². The minimum absolute atomic E-state index is 0.0196. The highest BCUT2D eigenvalue weighted by molar-refractivity contribution is 5.87. The number of aliphatic hydroxyl groups is 1. The van der Waals surface area contributed by atoms with Crippen molar-refractivity contribution in [2.75, 3.05) is 6.54 Å². The zero-order valence-electron chi connectivity index (χ0n) is 15.4. The molecular formula is C20H30N2O3. The molecule has 1 aliphatic heterocycles. The van der Waals surface area contributed by atoms with Crippen molar-refractivity contribution in [1.82, 2.24) is 10.2 Å². The fourth-order valence-corrected chi connectivity index (χ4v) is 3.58. The van der Waals surface area contributed by atoms with Crippen LogP contribution in [0.5, 0.6) is 0 Å². The molecule has 25 heavy (non-hydrogen) atoms. The maximum atomic E-state index is 13.0. The van der Waals surface area contributed by atoms with E-state index in [-0.39, 0.29) is 17.9 Å². The zero-order valence-corrected chi connectivity index (χ0v) is 15.4. The predicted octanol–water partition coefficient (Wildman–Crippen LogP) is 2.65. The number of hydrogen-bond donors (Lipinski definition) is 2. The summed E-state index contributed by atoms with van der Waals surface area (Å²) in [7, 11) is 0. The highest BCUT2D eigenvalue weighted by Crippen LogP contribution is 2.28. The van der Waals surface area contributed by atoms with Crippen LogP contribution in [-0.2, 0) is 9.59 Å². The minimum atomic E-state index is -0.580. The van der Waals surface area contributed by atoms with Crippen molar-refractivity contribution >= 4 is 11.8 Å². The lowest BCUT2D eigenvalue weighted by Gasteiger charge is -2.31. The molecule has 3 atom stereocenters. The number of nitrogens with one attached hydrogen (secondary N) is 1. The smallest absolute Gasteiger partial charge is 0.245 e. The van der Waals surface area contributed by atoms with Gasteiger partial charge in [-0.2, -0.15) is 0 Å². The molecule has 0 saturated carbocycles. The molecule has 1 aromatic rings. The molecule has 5 nitrogen and oxygen atoms in total. The summed E-state index contributed by atoms with van der Waals surface area (Å²) in [4.78, 5) is 26.3. The average Bonchev–Trinajstić information content (AvgIpc) is 3.01. The van der Waals surface area contributed by atoms with Crippen LogP contribution in [0.15, 0.2) is 30.3 Å². The van der Waals surface area contributed by atoms with Gasteiger partial charge < -0.3 is 15.3 Å². The van der Waals surface area contributed by atoms with Gasteiger partial charge >= 0.3 is 0 Å². The van der Waals surface area contributed by atoms with Crippen molar-refractivity contribution in [3.8, 4) is 0 Å². The largest absolute Gasteiger partial charge is 0.388 e. The monoisotopic (exact) mass is 346 g/mol. The van der Waals surface area contributed by atoms with E-state index < -0.39 is 12.1 Å². The van der Waals surface area contributed by atoms with Crippen LogP contribution in [-0.4, -0.2) is 40.4 Å². The Morgan fingerprint density at radius 1 is 1.28 bits per heavy atom. The molecule has 1 saturated heterocycles. The lowest BCUT2D eigenvalue weighted by Crippen LogP contribution is -2.50. The molecule has 5 heteroatoms. The van der Waals surface area contributed by atoms with Gasteiger partial charge in [0.05, 0.1) is 6.10 Å². The molecule has 138 valence electrons. The van der Waals surface area contributed by atoms with E-state index in [2.05, 4.69) is 5.32 Å². The summed E-state index contributed by atoms with van der Waals surface area (Å²) in [6.07, 6.45) is 2.41. The molecule has 1 aliphatic rings. The van der Waals surface area contributed by atoms with Crippen molar-refractivity contribution in [1.29, 1.82) is 0 Å². The second kappa shape index (κ2) is 8.99. The Balaban J connectivity index is 2.05. The number of amides is 2. The Morgan fingerprint density at radius 2 is 1.96 bits per heavy atom. The lowest BCUT2D eigenvalue weighted by molar-refractivity contribution is -0.137. The van der Waals surface area contributed by atoms with E-state index in [4.69, 9.17) is 0 Å². The predicted molar refractivity (Wildman–Crippen MR) is 97.8 cm³/mol. The first-order valence-corrected chi connectivity index (χ1v) is 9.19. The number of benzene rings is 1. The minimum Gasteiger partial charge on any atom is -0.388 e. The fourth-order valence-electron chi connectivity index (χ4n) is 3.58. The summed E-state index contributed by atoms with van der Waals surface area (Å²) in [5.41, 5.74) is 0.877. The van der Waals surface area contributed by atoms with E-state index >= 15 is 0 Å². The zero-order chi connectivity index (χ0) is 18.4. The third kappa shape index (κ3) is 5.56. The van der Waals surface area contributed by atoms with Gasteiger partial charge in [-0.1, -0.05) is 44.2 Å². The Morgan fingerprint density at radius 3 is 2.56 bits per heavy atom. The van der Waals surface area contributed by atoms with Gasteiger partial charge in [0.15, 0.2) is 0 Å². The second-order valence-electron chi connectivity index (χ2n) is 7.37. The number of carbonyl (C=O) groups is 2. The Bertz CT molecular complexity index is 574. The standard InChI is InChI=1S/C20H30N2O3/c1-14(2)12-18(21-15(3)23)20(25)22-11-7-10-17(22)13-19(24)16-8-5-4-6-9-16/h4-6,8-9,14,17-19,24H,7,10-13H2,1-3H3,(H,21,23)/t17?,18-,19?/m0/s1. The van der Waals surface area contributed by atoms with E-state index in [1.807, 2.05) is 49.1 Å². The van der Waals surface area contributed by atoms with E-state index in [1.54, 1.807) is 0 Å². The van der Waals surface area contributed by atoms with Crippen molar-refractivity contribution in [3.63, 3.8) is 0 Å². The van der Waals surface area contributed by atoms with Crippen LogP contribution in [0.1, 0.15) is 58.1 Å².